The lowest BCUT2D eigenvalue weighted by molar-refractivity contribution is -0.124. The van der Waals surface area contributed by atoms with E-state index in [1.54, 1.807) is 0 Å². The first-order chi connectivity index (χ1) is 9.19. The van der Waals surface area contributed by atoms with Gasteiger partial charge in [0, 0.05) is 30.3 Å². The Kier molecular flexibility index (Phi) is 3.40. The van der Waals surface area contributed by atoms with Crippen molar-refractivity contribution in [2.24, 2.45) is 23.5 Å². The van der Waals surface area contributed by atoms with Crippen LogP contribution in [-0.2, 0) is 17.6 Å². The Labute approximate surface area is 114 Å². The van der Waals surface area contributed by atoms with E-state index in [4.69, 9.17) is 5.73 Å². The fraction of sp³-hybridized carbons (Fsp3) is 0.625. The minimum atomic E-state index is 0.0893. The van der Waals surface area contributed by atoms with Crippen LogP contribution in [0.2, 0.25) is 0 Å². The zero-order chi connectivity index (χ0) is 13.4. The summed E-state index contributed by atoms with van der Waals surface area (Å²) in [6.07, 6.45) is 6.89. The second-order valence-corrected chi connectivity index (χ2v) is 6.09. The standard InChI is InChI=1S/C16H22N2O/c1-2-10-3-6-13(18-9-10)8-14(19)15-11-4-5-12(7-11)16(15)17/h3,6,9,11-12,15-16H,2,4-5,7-8,17H2,1H3. The number of ketones is 1. The fourth-order valence-electron chi connectivity index (χ4n) is 3.88. The van der Waals surface area contributed by atoms with Crippen LogP contribution in [0.15, 0.2) is 18.3 Å². The Bertz CT molecular complexity index is 466. The van der Waals surface area contributed by atoms with Crippen LogP contribution in [0.25, 0.3) is 0 Å². The highest BCUT2D eigenvalue weighted by molar-refractivity contribution is 5.84. The molecule has 3 rings (SSSR count). The molecule has 0 spiro atoms. The van der Waals surface area contributed by atoms with Gasteiger partial charge in [0.15, 0.2) is 0 Å². The van der Waals surface area contributed by atoms with E-state index in [9.17, 15) is 4.79 Å². The van der Waals surface area contributed by atoms with Crippen molar-refractivity contribution >= 4 is 5.78 Å². The Morgan fingerprint density at radius 3 is 2.74 bits per heavy atom. The van der Waals surface area contributed by atoms with Crippen molar-refractivity contribution in [1.82, 2.24) is 4.98 Å². The summed E-state index contributed by atoms with van der Waals surface area (Å²) in [4.78, 5) is 16.8. The first-order valence-electron chi connectivity index (χ1n) is 7.41. The quantitative estimate of drug-likeness (QED) is 0.900. The lowest BCUT2D eigenvalue weighted by atomic mass is 9.81. The van der Waals surface area contributed by atoms with E-state index in [2.05, 4.69) is 18.0 Å². The number of carbonyl (C=O) groups excluding carboxylic acids is 1. The molecule has 1 aromatic rings. The molecule has 3 nitrogen and oxygen atoms in total. The van der Waals surface area contributed by atoms with Gasteiger partial charge in [-0.1, -0.05) is 13.0 Å². The van der Waals surface area contributed by atoms with Gasteiger partial charge in [0.05, 0.1) is 0 Å². The van der Waals surface area contributed by atoms with Gasteiger partial charge in [-0.05, 0) is 49.1 Å². The lowest BCUT2D eigenvalue weighted by Crippen LogP contribution is -2.40. The molecule has 19 heavy (non-hydrogen) atoms. The van der Waals surface area contributed by atoms with Gasteiger partial charge < -0.3 is 5.73 Å². The van der Waals surface area contributed by atoms with Crippen LogP contribution in [0.1, 0.15) is 37.4 Å². The van der Waals surface area contributed by atoms with Gasteiger partial charge in [-0.3, -0.25) is 9.78 Å². The molecule has 2 aliphatic carbocycles. The number of nitrogens with two attached hydrogens (primary N) is 1. The van der Waals surface area contributed by atoms with Crippen molar-refractivity contribution in [2.45, 2.75) is 45.1 Å². The molecule has 2 fully saturated rings. The van der Waals surface area contributed by atoms with E-state index >= 15 is 0 Å². The highest BCUT2D eigenvalue weighted by atomic mass is 16.1. The molecule has 0 amide bonds. The number of Topliss-reactive ketones (excluding diaryl/α,β-unsaturated/α-hetero) is 1. The third-order valence-corrected chi connectivity index (χ3v) is 5.00. The van der Waals surface area contributed by atoms with Crippen LogP contribution in [-0.4, -0.2) is 16.8 Å². The van der Waals surface area contributed by atoms with E-state index in [-0.39, 0.29) is 12.0 Å². The topological polar surface area (TPSA) is 56.0 Å². The van der Waals surface area contributed by atoms with Crippen LogP contribution in [0.5, 0.6) is 0 Å². The van der Waals surface area contributed by atoms with E-state index in [1.807, 2.05) is 12.3 Å². The van der Waals surface area contributed by atoms with Gasteiger partial charge in [0.2, 0.25) is 0 Å². The van der Waals surface area contributed by atoms with Gasteiger partial charge >= 0.3 is 0 Å². The Morgan fingerprint density at radius 1 is 1.37 bits per heavy atom. The van der Waals surface area contributed by atoms with Crippen molar-refractivity contribution in [3.63, 3.8) is 0 Å². The van der Waals surface area contributed by atoms with Gasteiger partial charge in [0.25, 0.3) is 0 Å². The van der Waals surface area contributed by atoms with Crippen LogP contribution >= 0.6 is 0 Å². The van der Waals surface area contributed by atoms with Crippen molar-refractivity contribution in [3.05, 3.63) is 29.6 Å². The molecular formula is C16H22N2O. The van der Waals surface area contributed by atoms with E-state index in [1.165, 1.54) is 24.8 Å². The number of carbonyl (C=O) groups is 1. The minimum absolute atomic E-state index is 0.0893. The lowest BCUT2D eigenvalue weighted by Gasteiger charge is -2.26. The molecule has 0 aromatic carbocycles. The van der Waals surface area contributed by atoms with Gasteiger partial charge in [-0.2, -0.15) is 0 Å². The zero-order valence-electron chi connectivity index (χ0n) is 11.5. The first kappa shape index (κ1) is 12.8. The second-order valence-electron chi connectivity index (χ2n) is 6.09. The number of rotatable bonds is 4. The summed E-state index contributed by atoms with van der Waals surface area (Å²) in [5.41, 5.74) is 8.32. The molecule has 1 aromatic heterocycles. The average molecular weight is 258 g/mol. The molecule has 2 aliphatic rings. The highest BCUT2D eigenvalue weighted by Crippen LogP contribution is 2.48. The summed E-state index contributed by atoms with van der Waals surface area (Å²) in [6, 6.07) is 4.15. The molecule has 102 valence electrons. The molecular weight excluding hydrogens is 236 g/mol. The average Bonchev–Trinajstić information content (AvgIpc) is 3.00. The van der Waals surface area contributed by atoms with Crippen molar-refractivity contribution < 1.29 is 4.79 Å². The van der Waals surface area contributed by atoms with Crippen molar-refractivity contribution in [2.75, 3.05) is 0 Å². The van der Waals surface area contributed by atoms with Crippen LogP contribution in [0.4, 0.5) is 0 Å². The number of hydrogen-bond acceptors (Lipinski definition) is 3. The molecule has 2 N–H and O–H groups in total. The Morgan fingerprint density at radius 2 is 2.16 bits per heavy atom. The zero-order valence-corrected chi connectivity index (χ0v) is 11.5. The van der Waals surface area contributed by atoms with Crippen LogP contribution in [0, 0.1) is 17.8 Å². The number of aromatic nitrogens is 1. The molecule has 4 unspecified atom stereocenters. The molecule has 2 bridgehead atoms. The van der Waals surface area contributed by atoms with Crippen molar-refractivity contribution in [1.29, 1.82) is 0 Å². The van der Waals surface area contributed by atoms with Gasteiger partial charge in [-0.15, -0.1) is 0 Å². The largest absolute Gasteiger partial charge is 0.327 e. The monoisotopic (exact) mass is 258 g/mol. The maximum absolute atomic E-state index is 12.4. The predicted molar refractivity (Wildman–Crippen MR) is 74.6 cm³/mol. The van der Waals surface area contributed by atoms with Crippen LogP contribution in [0.3, 0.4) is 0 Å². The molecule has 0 saturated heterocycles. The summed E-state index contributed by atoms with van der Waals surface area (Å²) in [5, 5.41) is 0. The van der Waals surface area contributed by atoms with E-state index < -0.39 is 0 Å². The smallest absolute Gasteiger partial charge is 0.143 e. The molecule has 2 saturated carbocycles. The van der Waals surface area contributed by atoms with E-state index in [0.717, 1.165) is 12.1 Å². The number of nitrogens with zero attached hydrogens (tertiary/aromatic N) is 1. The van der Waals surface area contributed by atoms with Crippen molar-refractivity contribution in [3.8, 4) is 0 Å². The minimum Gasteiger partial charge on any atom is -0.327 e. The summed E-state index contributed by atoms with van der Waals surface area (Å²) >= 11 is 0. The second kappa shape index (κ2) is 5.04. The third-order valence-electron chi connectivity index (χ3n) is 5.00. The SMILES string of the molecule is CCc1ccc(CC(=O)C2C3CCC(C3)C2N)nc1. The maximum atomic E-state index is 12.4. The molecule has 3 heteroatoms. The molecule has 0 aliphatic heterocycles. The first-order valence-corrected chi connectivity index (χ1v) is 7.41. The normalized spacial score (nSPS) is 32.7. The summed E-state index contributed by atoms with van der Waals surface area (Å²) in [6.45, 7) is 2.11. The summed E-state index contributed by atoms with van der Waals surface area (Å²) < 4.78 is 0. The number of hydrogen-bond donors (Lipinski definition) is 1. The Balaban J connectivity index is 1.67. The number of fused-ring (bicyclic) bond motifs is 2. The van der Waals surface area contributed by atoms with Gasteiger partial charge in [0.1, 0.15) is 5.78 Å². The third kappa shape index (κ3) is 2.32. The predicted octanol–water partition coefficient (Wildman–Crippen LogP) is 2.13. The molecule has 4 atom stereocenters. The van der Waals surface area contributed by atoms with Gasteiger partial charge in [-0.25, -0.2) is 0 Å². The van der Waals surface area contributed by atoms with E-state index in [0.29, 0.717) is 24.0 Å². The fourth-order valence-corrected chi connectivity index (χ4v) is 3.88. The van der Waals surface area contributed by atoms with Crippen LogP contribution < -0.4 is 5.73 Å². The summed E-state index contributed by atoms with van der Waals surface area (Å²) in [5.74, 6) is 1.53. The molecule has 0 radical (unpaired) electrons. The Hall–Kier alpha value is -1.22. The maximum Gasteiger partial charge on any atom is 0.143 e. The number of pyridine rings is 1. The number of aryl methyl sites for hydroxylation is 1. The summed E-state index contributed by atoms with van der Waals surface area (Å²) in [7, 11) is 0. The molecule has 1 heterocycles. The highest BCUT2D eigenvalue weighted by Gasteiger charge is 2.48.